The molecule has 0 aliphatic rings. The molecule has 0 N–H and O–H groups in total. The quantitative estimate of drug-likeness (QED) is 0.284. The fourth-order valence-corrected chi connectivity index (χ4v) is 2.84. The molecule has 28 heavy (non-hydrogen) atoms. The lowest BCUT2D eigenvalue weighted by Gasteiger charge is -2.26. The van der Waals surface area contributed by atoms with Crippen LogP contribution >= 0.6 is 11.6 Å². The molecule has 0 saturated carbocycles. The topological polar surface area (TPSA) is 44.8 Å². The zero-order chi connectivity index (χ0) is 20.4. The van der Waals surface area contributed by atoms with Crippen LogP contribution in [0.3, 0.4) is 0 Å². The summed E-state index contributed by atoms with van der Waals surface area (Å²) < 4.78 is 28.4. The lowest BCUT2D eigenvalue weighted by Crippen LogP contribution is -2.23. The molecule has 2 aromatic rings. The molecular formula is C22H26ClFO4. The fraction of sp³-hybridized carbons (Fsp3) is 0.409. The normalized spacial score (nSPS) is 12.3. The van der Waals surface area contributed by atoms with Crippen LogP contribution in [-0.2, 0) is 14.9 Å². The zero-order valence-electron chi connectivity index (χ0n) is 16.2. The molecule has 0 saturated heterocycles. The summed E-state index contributed by atoms with van der Waals surface area (Å²) in [6.45, 7) is 4.31. The van der Waals surface area contributed by atoms with Crippen LogP contribution in [0.15, 0.2) is 48.5 Å². The highest BCUT2D eigenvalue weighted by atomic mass is 35.5. The van der Waals surface area contributed by atoms with Gasteiger partial charge in [-0.05, 0) is 41.8 Å². The van der Waals surface area contributed by atoms with Crippen molar-refractivity contribution in [2.24, 2.45) is 0 Å². The van der Waals surface area contributed by atoms with E-state index in [1.807, 2.05) is 36.4 Å². The number of ether oxygens (including phenoxy) is 3. The molecule has 2 aromatic carbocycles. The summed E-state index contributed by atoms with van der Waals surface area (Å²) in [6, 6.07) is 15.7. The molecule has 2 rings (SSSR count). The smallest absolute Gasteiger partial charge is 0.293 e. The second kappa shape index (κ2) is 10.9. The van der Waals surface area contributed by atoms with Gasteiger partial charge in [0.05, 0.1) is 6.61 Å². The number of hydrogen-bond acceptors (Lipinski definition) is 4. The molecule has 0 aromatic heterocycles. The SMILES string of the molecule is CC(C)(c1ccc(OCCCCl)cc1)c1ccc(OCC(CF)OC=O)cc1. The Morgan fingerprint density at radius 2 is 1.54 bits per heavy atom. The first-order valence-corrected chi connectivity index (χ1v) is 9.72. The first-order chi connectivity index (χ1) is 13.5. The van der Waals surface area contributed by atoms with Gasteiger partial charge in [0, 0.05) is 11.3 Å². The van der Waals surface area contributed by atoms with Gasteiger partial charge in [0.25, 0.3) is 6.47 Å². The number of halogens is 2. The van der Waals surface area contributed by atoms with Gasteiger partial charge in [-0.15, -0.1) is 11.6 Å². The van der Waals surface area contributed by atoms with Gasteiger partial charge in [-0.2, -0.15) is 0 Å². The lowest BCUT2D eigenvalue weighted by atomic mass is 9.78. The van der Waals surface area contributed by atoms with E-state index in [0.717, 1.165) is 23.3 Å². The number of hydrogen-bond donors (Lipinski definition) is 0. The molecule has 4 nitrogen and oxygen atoms in total. The van der Waals surface area contributed by atoms with Crippen molar-refractivity contribution in [3.8, 4) is 11.5 Å². The van der Waals surface area contributed by atoms with Crippen molar-refractivity contribution in [1.29, 1.82) is 0 Å². The number of alkyl halides is 2. The maximum atomic E-state index is 12.7. The summed E-state index contributed by atoms with van der Waals surface area (Å²) in [5.41, 5.74) is 2.06. The summed E-state index contributed by atoms with van der Waals surface area (Å²) in [4.78, 5) is 10.3. The van der Waals surface area contributed by atoms with E-state index in [1.54, 1.807) is 0 Å². The third-order valence-electron chi connectivity index (χ3n) is 4.55. The standard InChI is InChI=1S/C22H26ClFO4/c1-22(2,17-4-8-19(9-5-17)26-13-3-12-23)18-6-10-20(11-7-18)27-15-21(14-24)28-16-25/h4-11,16,21H,3,12-15H2,1-2H3. The van der Waals surface area contributed by atoms with Crippen molar-refractivity contribution in [3.05, 3.63) is 59.7 Å². The van der Waals surface area contributed by atoms with Crippen LogP contribution in [0.5, 0.6) is 11.5 Å². The van der Waals surface area contributed by atoms with Crippen LogP contribution in [0, 0.1) is 0 Å². The van der Waals surface area contributed by atoms with Crippen LogP contribution < -0.4 is 9.47 Å². The van der Waals surface area contributed by atoms with E-state index in [1.165, 1.54) is 0 Å². The summed E-state index contributed by atoms with van der Waals surface area (Å²) in [5, 5.41) is 0. The minimum absolute atomic E-state index is 0.0246. The average Bonchev–Trinajstić information content (AvgIpc) is 2.72. The number of carbonyl (C=O) groups is 1. The Morgan fingerprint density at radius 3 is 2.00 bits per heavy atom. The van der Waals surface area contributed by atoms with Crippen molar-refractivity contribution >= 4 is 18.1 Å². The summed E-state index contributed by atoms with van der Waals surface area (Å²) in [7, 11) is 0. The van der Waals surface area contributed by atoms with Crippen molar-refractivity contribution in [2.75, 3.05) is 25.8 Å². The third-order valence-corrected chi connectivity index (χ3v) is 4.82. The minimum atomic E-state index is -0.890. The molecule has 152 valence electrons. The van der Waals surface area contributed by atoms with Gasteiger partial charge < -0.3 is 14.2 Å². The van der Waals surface area contributed by atoms with Gasteiger partial charge in [0.1, 0.15) is 24.8 Å². The number of benzene rings is 2. The van der Waals surface area contributed by atoms with Crippen LogP contribution in [0.4, 0.5) is 4.39 Å². The molecular weight excluding hydrogens is 383 g/mol. The predicted molar refractivity (Wildman–Crippen MR) is 108 cm³/mol. The maximum Gasteiger partial charge on any atom is 0.293 e. The molecule has 0 radical (unpaired) electrons. The lowest BCUT2D eigenvalue weighted by molar-refractivity contribution is -0.135. The molecule has 0 heterocycles. The van der Waals surface area contributed by atoms with E-state index >= 15 is 0 Å². The second-order valence-corrected chi connectivity index (χ2v) is 7.26. The highest BCUT2D eigenvalue weighted by Crippen LogP contribution is 2.33. The molecule has 1 atom stereocenters. The Hall–Kier alpha value is -2.27. The van der Waals surface area contributed by atoms with E-state index < -0.39 is 12.8 Å². The molecule has 0 aliphatic carbocycles. The van der Waals surface area contributed by atoms with Gasteiger partial charge in [0.15, 0.2) is 6.10 Å². The number of rotatable bonds is 12. The second-order valence-electron chi connectivity index (χ2n) is 6.88. The Morgan fingerprint density at radius 1 is 1.00 bits per heavy atom. The van der Waals surface area contributed by atoms with Crippen molar-refractivity contribution in [3.63, 3.8) is 0 Å². The Labute approximate surface area is 170 Å². The van der Waals surface area contributed by atoms with E-state index in [9.17, 15) is 9.18 Å². The molecule has 0 amide bonds. The van der Waals surface area contributed by atoms with Gasteiger partial charge in [-0.3, -0.25) is 4.79 Å². The summed E-state index contributed by atoms with van der Waals surface area (Å²) in [6.07, 6.45) is -0.0740. The van der Waals surface area contributed by atoms with Crippen LogP contribution in [-0.4, -0.2) is 38.3 Å². The Balaban J connectivity index is 2.01. The van der Waals surface area contributed by atoms with E-state index in [4.69, 9.17) is 21.1 Å². The third kappa shape index (κ3) is 6.13. The average molecular weight is 409 g/mol. The molecule has 6 heteroatoms. The van der Waals surface area contributed by atoms with Crippen molar-refractivity contribution in [1.82, 2.24) is 0 Å². The monoisotopic (exact) mass is 408 g/mol. The molecule has 0 fully saturated rings. The highest BCUT2D eigenvalue weighted by Gasteiger charge is 2.23. The van der Waals surface area contributed by atoms with Gasteiger partial charge in [0.2, 0.25) is 0 Å². The highest BCUT2D eigenvalue weighted by molar-refractivity contribution is 6.17. The predicted octanol–water partition coefficient (Wildman–Crippen LogP) is 4.91. The van der Waals surface area contributed by atoms with Crippen molar-refractivity contribution in [2.45, 2.75) is 31.8 Å². The van der Waals surface area contributed by atoms with E-state index in [0.29, 0.717) is 18.2 Å². The van der Waals surface area contributed by atoms with E-state index in [-0.39, 0.29) is 18.5 Å². The minimum Gasteiger partial charge on any atom is -0.494 e. The van der Waals surface area contributed by atoms with Gasteiger partial charge >= 0.3 is 0 Å². The first kappa shape index (κ1) is 22.0. The number of carbonyl (C=O) groups excluding carboxylic acids is 1. The molecule has 0 aliphatic heterocycles. The zero-order valence-corrected chi connectivity index (χ0v) is 17.0. The van der Waals surface area contributed by atoms with Gasteiger partial charge in [-0.25, -0.2) is 4.39 Å². The van der Waals surface area contributed by atoms with Crippen LogP contribution in [0.1, 0.15) is 31.4 Å². The first-order valence-electron chi connectivity index (χ1n) is 9.19. The van der Waals surface area contributed by atoms with Crippen LogP contribution in [0.2, 0.25) is 0 Å². The summed E-state index contributed by atoms with van der Waals surface area (Å²) >= 11 is 5.66. The largest absolute Gasteiger partial charge is 0.494 e. The Kier molecular flexibility index (Phi) is 8.58. The van der Waals surface area contributed by atoms with Crippen LogP contribution in [0.25, 0.3) is 0 Å². The maximum absolute atomic E-state index is 12.7. The van der Waals surface area contributed by atoms with Crippen molar-refractivity contribution < 1.29 is 23.4 Å². The molecule has 0 spiro atoms. The Bertz CT molecular complexity index is 716. The van der Waals surface area contributed by atoms with Gasteiger partial charge in [-0.1, -0.05) is 38.1 Å². The summed E-state index contributed by atoms with van der Waals surface area (Å²) in [5.74, 6) is 2.01. The van der Waals surface area contributed by atoms with E-state index in [2.05, 4.69) is 30.7 Å². The molecule has 0 bridgehead atoms. The fourth-order valence-electron chi connectivity index (χ4n) is 2.73. The molecule has 1 unspecified atom stereocenters.